The topological polar surface area (TPSA) is 78.1 Å². The van der Waals surface area contributed by atoms with Gasteiger partial charge in [0.25, 0.3) is 0 Å². The van der Waals surface area contributed by atoms with Gasteiger partial charge in [0.05, 0.1) is 29.5 Å². The lowest BCUT2D eigenvalue weighted by Gasteiger charge is -2.19. The number of imidazole rings is 1. The molecule has 1 saturated heterocycles. The Morgan fingerprint density at radius 1 is 1.26 bits per heavy atom. The van der Waals surface area contributed by atoms with E-state index in [2.05, 4.69) is 15.3 Å². The summed E-state index contributed by atoms with van der Waals surface area (Å²) in [6.45, 7) is 1.97. The molecule has 2 unspecified atom stereocenters. The van der Waals surface area contributed by atoms with Crippen molar-refractivity contribution in [2.45, 2.75) is 25.8 Å². The second-order valence-corrected chi connectivity index (χ2v) is 7.52. The predicted molar refractivity (Wildman–Crippen MR) is 112 cm³/mol. The zero-order valence-corrected chi connectivity index (χ0v) is 16.9. The molecule has 0 spiro atoms. The quantitative estimate of drug-likeness (QED) is 0.629. The molecular weight excluding hydrogens is 402 g/mol. The van der Waals surface area contributed by atoms with Gasteiger partial charge in [-0.15, -0.1) is 0 Å². The number of benzene rings is 2. The number of amides is 2. The van der Waals surface area contributed by atoms with Gasteiger partial charge in [-0.2, -0.15) is 0 Å². The summed E-state index contributed by atoms with van der Waals surface area (Å²) in [6, 6.07) is 12.4. The molecule has 1 aliphatic heterocycles. The molecule has 0 radical (unpaired) electrons. The van der Waals surface area contributed by atoms with E-state index in [0.717, 1.165) is 23.4 Å². The van der Waals surface area contributed by atoms with Gasteiger partial charge >= 0.3 is 0 Å². The maximum Gasteiger partial charge on any atom is 0.227 e. The van der Waals surface area contributed by atoms with Crippen molar-refractivity contribution in [2.24, 2.45) is 5.92 Å². The van der Waals surface area contributed by atoms with Gasteiger partial charge in [0.15, 0.2) is 0 Å². The van der Waals surface area contributed by atoms with Crippen LogP contribution in [0.3, 0.4) is 0 Å². The zero-order chi connectivity index (χ0) is 22.0. The first-order valence-electron chi connectivity index (χ1n) is 10.1. The van der Waals surface area contributed by atoms with Crippen molar-refractivity contribution < 1.29 is 18.4 Å². The highest BCUT2D eigenvalue weighted by Gasteiger charge is 2.37. The fourth-order valence-electron chi connectivity index (χ4n) is 3.75. The van der Waals surface area contributed by atoms with E-state index in [1.165, 1.54) is 11.0 Å². The molecule has 2 heterocycles. The number of nitrogens with zero attached hydrogens (tertiary/aromatic N) is 2. The van der Waals surface area contributed by atoms with Crippen LogP contribution in [0.15, 0.2) is 54.7 Å². The van der Waals surface area contributed by atoms with Crippen molar-refractivity contribution in [1.82, 2.24) is 15.3 Å². The monoisotopic (exact) mass is 424 g/mol. The van der Waals surface area contributed by atoms with Crippen LogP contribution >= 0.6 is 0 Å². The molecule has 3 aromatic rings. The number of aromatic nitrogens is 2. The molecule has 0 aliphatic carbocycles. The van der Waals surface area contributed by atoms with Crippen molar-refractivity contribution in [3.63, 3.8) is 0 Å². The average molecular weight is 424 g/mol. The summed E-state index contributed by atoms with van der Waals surface area (Å²) in [4.78, 5) is 34.1. The molecule has 4 rings (SSSR count). The number of hydrogen-bond donors (Lipinski definition) is 2. The minimum Gasteiger partial charge on any atom is -0.346 e. The van der Waals surface area contributed by atoms with Crippen molar-refractivity contribution >= 4 is 17.5 Å². The van der Waals surface area contributed by atoms with E-state index in [9.17, 15) is 18.4 Å². The molecule has 8 heteroatoms. The lowest BCUT2D eigenvalue weighted by molar-refractivity contribution is -0.127. The van der Waals surface area contributed by atoms with Crippen LogP contribution in [-0.4, -0.2) is 28.3 Å². The average Bonchev–Trinajstić information content (AvgIpc) is 3.40. The third-order valence-corrected chi connectivity index (χ3v) is 5.43. The standard InChI is InChI=1S/C23H22F2N4O2/c1-2-18(22-26-12-19(27-22)14-6-4-3-5-7-14)28-23(31)15-10-21(30)29(13-15)20-9-8-16(24)11-17(20)25/h3-9,11-12,15,18H,2,10,13H2,1H3,(H,26,27)(H,28,31). The first-order chi connectivity index (χ1) is 15.0. The number of carbonyl (C=O) groups is 2. The van der Waals surface area contributed by atoms with Crippen LogP contribution in [0.25, 0.3) is 11.3 Å². The molecule has 1 fully saturated rings. The number of carbonyl (C=O) groups excluding carboxylic acids is 2. The summed E-state index contributed by atoms with van der Waals surface area (Å²) in [7, 11) is 0. The molecule has 2 aromatic carbocycles. The molecular formula is C23H22F2N4O2. The summed E-state index contributed by atoms with van der Waals surface area (Å²) < 4.78 is 27.3. The maximum atomic E-state index is 14.1. The predicted octanol–water partition coefficient (Wildman–Crippen LogP) is 3.98. The molecule has 6 nitrogen and oxygen atoms in total. The van der Waals surface area contributed by atoms with E-state index < -0.39 is 17.6 Å². The molecule has 31 heavy (non-hydrogen) atoms. The number of nitrogens with one attached hydrogen (secondary N) is 2. The van der Waals surface area contributed by atoms with Crippen LogP contribution in [0.2, 0.25) is 0 Å². The van der Waals surface area contributed by atoms with Crippen molar-refractivity contribution in [3.05, 3.63) is 72.2 Å². The van der Waals surface area contributed by atoms with Crippen LogP contribution < -0.4 is 10.2 Å². The zero-order valence-electron chi connectivity index (χ0n) is 16.9. The highest BCUT2D eigenvalue weighted by Crippen LogP contribution is 2.29. The van der Waals surface area contributed by atoms with Gasteiger partial charge in [0.1, 0.15) is 17.5 Å². The van der Waals surface area contributed by atoms with Crippen molar-refractivity contribution in [3.8, 4) is 11.3 Å². The summed E-state index contributed by atoms with van der Waals surface area (Å²) in [5.41, 5.74) is 1.81. The summed E-state index contributed by atoms with van der Waals surface area (Å²) >= 11 is 0. The van der Waals surface area contributed by atoms with E-state index >= 15 is 0 Å². The number of halogens is 2. The fourth-order valence-corrected chi connectivity index (χ4v) is 3.75. The molecule has 2 amide bonds. The Balaban J connectivity index is 1.45. The number of H-pyrrole nitrogens is 1. The SMILES string of the molecule is CCC(NC(=O)C1CC(=O)N(c2ccc(F)cc2F)C1)c1ncc(-c2ccccc2)[nH]1. The lowest BCUT2D eigenvalue weighted by Crippen LogP contribution is -2.36. The molecule has 0 bridgehead atoms. The minimum atomic E-state index is -0.829. The largest absolute Gasteiger partial charge is 0.346 e. The van der Waals surface area contributed by atoms with Crippen LogP contribution in [0.4, 0.5) is 14.5 Å². The van der Waals surface area contributed by atoms with Gasteiger partial charge in [-0.05, 0) is 24.1 Å². The Morgan fingerprint density at radius 3 is 2.74 bits per heavy atom. The van der Waals surface area contributed by atoms with Crippen molar-refractivity contribution in [1.29, 1.82) is 0 Å². The lowest BCUT2D eigenvalue weighted by atomic mass is 10.1. The number of anilines is 1. The first-order valence-corrected chi connectivity index (χ1v) is 10.1. The summed E-state index contributed by atoms with van der Waals surface area (Å²) in [5.74, 6) is -2.23. The van der Waals surface area contributed by atoms with E-state index in [-0.39, 0.29) is 36.5 Å². The van der Waals surface area contributed by atoms with Gasteiger partial charge in [-0.1, -0.05) is 37.3 Å². The highest BCUT2D eigenvalue weighted by atomic mass is 19.1. The van der Waals surface area contributed by atoms with Gasteiger partial charge < -0.3 is 15.2 Å². The molecule has 2 atom stereocenters. The summed E-state index contributed by atoms with van der Waals surface area (Å²) in [6.07, 6.45) is 2.29. The number of hydrogen-bond acceptors (Lipinski definition) is 3. The van der Waals surface area contributed by atoms with E-state index in [1.807, 2.05) is 37.3 Å². The first kappa shape index (κ1) is 20.7. The number of rotatable bonds is 6. The van der Waals surface area contributed by atoms with E-state index in [4.69, 9.17) is 0 Å². The second-order valence-electron chi connectivity index (χ2n) is 7.52. The maximum absolute atomic E-state index is 14.1. The van der Waals surface area contributed by atoms with E-state index in [1.54, 1.807) is 6.20 Å². The molecule has 0 saturated carbocycles. The Morgan fingerprint density at radius 2 is 2.03 bits per heavy atom. The number of aromatic amines is 1. The minimum absolute atomic E-state index is 0.0210. The Kier molecular flexibility index (Phi) is 5.79. The van der Waals surface area contributed by atoms with Gasteiger partial charge in [0, 0.05) is 19.0 Å². The Labute approximate surface area is 178 Å². The van der Waals surface area contributed by atoms with Gasteiger partial charge in [-0.3, -0.25) is 9.59 Å². The Bertz CT molecular complexity index is 1100. The molecule has 2 N–H and O–H groups in total. The highest BCUT2D eigenvalue weighted by molar-refractivity contribution is 6.00. The fraction of sp³-hybridized carbons (Fsp3) is 0.261. The summed E-state index contributed by atoms with van der Waals surface area (Å²) in [5, 5.41) is 2.94. The smallest absolute Gasteiger partial charge is 0.227 e. The van der Waals surface area contributed by atoms with Crippen LogP contribution in [-0.2, 0) is 9.59 Å². The third kappa shape index (κ3) is 4.33. The third-order valence-electron chi connectivity index (χ3n) is 5.43. The van der Waals surface area contributed by atoms with Crippen molar-refractivity contribution in [2.75, 3.05) is 11.4 Å². The molecule has 1 aromatic heterocycles. The van der Waals surface area contributed by atoms with Crippen LogP contribution in [0.1, 0.15) is 31.6 Å². The van der Waals surface area contributed by atoms with E-state index in [0.29, 0.717) is 12.2 Å². The van der Waals surface area contributed by atoms with Crippen LogP contribution in [0.5, 0.6) is 0 Å². The Hall–Kier alpha value is -3.55. The van der Waals surface area contributed by atoms with Gasteiger partial charge in [-0.25, -0.2) is 13.8 Å². The molecule has 1 aliphatic rings. The normalized spacial score (nSPS) is 17.1. The second kappa shape index (κ2) is 8.67. The van der Waals surface area contributed by atoms with Gasteiger partial charge in [0.2, 0.25) is 11.8 Å². The molecule has 160 valence electrons. The van der Waals surface area contributed by atoms with Crippen LogP contribution in [0, 0.1) is 17.6 Å².